The van der Waals surface area contributed by atoms with E-state index in [1.807, 2.05) is 0 Å². The molecule has 168 valence electrons. The Morgan fingerprint density at radius 1 is 1.31 bits per heavy atom. The van der Waals surface area contributed by atoms with Crippen molar-refractivity contribution < 1.29 is 22.0 Å². The van der Waals surface area contributed by atoms with Crippen LogP contribution in [-0.4, -0.2) is 50.9 Å². The quantitative estimate of drug-likeness (QED) is 0.535. The van der Waals surface area contributed by atoms with Crippen molar-refractivity contribution in [3.8, 4) is 11.5 Å². The number of amides is 1. The van der Waals surface area contributed by atoms with Crippen LogP contribution in [0.5, 0.6) is 0 Å². The third-order valence-electron chi connectivity index (χ3n) is 5.14. The van der Waals surface area contributed by atoms with Gasteiger partial charge in [0.15, 0.2) is 21.3 Å². The molecule has 3 aromatic rings. The van der Waals surface area contributed by atoms with Gasteiger partial charge in [-0.05, 0) is 37.1 Å². The number of allylic oxidation sites excluding steroid dienone is 1. The highest BCUT2D eigenvalue weighted by atomic mass is 32.2. The molecule has 3 heterocycles. The number of alkyl halides is 2. The van der Waals surface area contributed by atoms with Gasteiger partial charge in [-0.25, -0.2) is 18.4 Å². The van der Waals surface area contributed by atoms with Crippen LogP contribution in [0.1, 0.15) is 35.9 Å². The van der Waals surface area contributed by atoms with Gasteiger partial charge in [-0.1, -0.05) is 13.5 Å². The Morgan fingerprint density at radius 2 is 2.03 bits per heavy atom. The van der Waals surface area contributed by atoms with Crippen molar-refractivity contribution in [1.29, 1.82) is 0 Å². The number of nitrogens with one attached hydrogen (secondary N) is 1. The predicted molar refractivity (Wildman–Crippen MR) is 112 cm³/mol. The molecule has 1 N–H and O–H groups in total. The number of aromatic nitrogens is 5. The topological polar surface area (TPSA) is 120 Å². The van der Waals surface area contributed by atoms with Crippen LogP contribution in [0.4, 0.5) is 8.78 Å². The van der Waals surface area contributed by atoms with Gasteiger partial charge in [0.1, 0.15) is 22.6 Å². The van der Waals surface area contributed by atoms with Crippen LogP contribution in [-0.2, 0) is 22.8 Å². The molecule has 0 aromatic carbocycles. The van der Waals surface area contributed by atoms with Gasteiger partial charge >= 0.3 is 5.92 Å². The molecule has 0 bridgehead atoms. The summed E-state index contributed by atoms with van der Waals surface area (Å²) in [5, 5.41) is 10.2. The minimum Gasteiger partial charge on any atom is -0.348 e. The summed E-state index contributed by atoms with van der Waals surface area (Å²) in [5.74, 6) is -3.98. The molecular formula is C20H20F2N6O3S. The second-order valence-electron chi connectivity index (χ2n) is 7.45. The summed E-state index contributed by atoms with van der Waals surface area (Å²) in [6.45, 7) is 4.58. The van der Waals surface area contributed by atoms with Crippen molar-refractivity contribution in [2.45, 2.75) is 36.6 Å². The normalized spacial score (nSPS) is 14.5. The van der Waals surface area contributed by atoms with Crippen LogP contribution in [0.3, 0.4) is 0 Å². The van der Waals surface area contributed by atoms with Crippen molar-refractivity contribution in [1.82, 2.24) is 30.0 Å². The van der Waals surface area contributed by atoms with Crippen LogP contribution >= 0.6 is 0 Å². The molecule has 32 heavy (non-hydrogen) atoms. The third-order valence-corrected chi connectivity index (χ3v) is 6.90. The Kier molecular flexibility index (Phi) is 5.27. The Balaban J connectivity index is 1.90. The first-order chi connectivity index (χ1) is 15.1. The standard InChI is InChI=1S/C20H20F2N6O3S/c1-4-20(21,22)15-10-13-17(27-26-15)28(3)18(25-13)16-14(32(30,31)5-2)9-8-12(24-16)19(29)23-11-6-7-11/h4,8-11H,1,5-7H2,2-3H3,(H,23,29). The van der Waals surface area contributed by atoms with E-state index in [1.165, 1.54) is 30.7 Å². The van der Waals surface area contributed by atoms with E-state index in [9.17, 15) is 22.0 Å². The average Bonchev–Trinajstić information content (AvgIpc) is 3.54. The number of hydrogen-bond acceptors (Lipinski definition) is 7. The maximum Gasteiger partial charge on any atom is 0.309 e. The molecule has 1 saturated carbocycles. The van der Waals surface area contributed by atoms with Crippen LogP contribution in [0.25, 0.3) is 22.7 Å². The number of fused-ring (bicyclic) bond motifs is 1. The largest absolute Gasteiger partial charge is 0.348 e. The number of rotatable bonds is 7. The minimum atomic E-state index is -3.74. The molecule has 0 radical (unpaired) electrons. The zero-order valence-electron chi connectivity index (χ0n) is 17.3. The molecule has 4 rings (SSSR count). The number of carbonyl (C=O) groups excluding carboxylic acids is 1. The Bertz CT molecular complexity index is 1350. The third kappa shape index (κ3) is 3.85. The van der Waals surface area contributed by atoms with Crippen LogP contribution in [0.2, 0.25) is 0 Å². The zero-order valence-corrected chi connectivity index (χ0v) is 18.2. The first-order valence-electron chi connectivity index (χ1n) is 9.84. The summed E-state index contributed by atoms with van der Waals surface area (Å²) < 4.78 is 54.7. The van der Waals surface area contributed by atoms with Gasteiger partial charge in [-0.2, -0.15) is 8.78 Å². The molecule has 0 spiro atoms. The molecule has 1 aliphatic carbocycles. The van der Waals surface area contributed by atoms with Gasteiger partial charge in [0, 0.05) is 13.1 Å². The summed E-state index contributed by atoms with van der Waals surface area (Å²) in [4.78, 5) is 21.0. The number of hydrogen-bond donors (Lipinski definition) is 1. The van der Waals surface area contributed by atoms with E-state index in [1.54, 1.807) is 0 Å². The van der Waals surface area contributed by atoms with Crippen molar-refractivity contribution >= 4 is 26.9 Å². The summed E-state index contributed by atoms with van der Waals surface area (Å²) in [6, 6.07) is 3.80. The fourth-order valence-corrected chi connectivity index (χ4v) is 4.11. The number of halogens is 2. The van der Waals surface area contributed by atoms with E-state index in [0.29, 0.717) is 6.08 Å². The minimum absolute atomic E-state index is 0.0268. The molecule has 0 unspecified atom stereocenters. The van der Waals surface area contributed by atoms with Gasteiger partial charge in [0.2, 0.25) is 0 Å². The highest BCUT2D eigenvalue weighted by Crippen LogP contribution is 2.31. The van der Waals surface area contributed by atoms with Crippen molar-refractivity contribution in [2.24, 2.45) is 7.05 Å². The van der Waals surface area contributed by atoms with Crippen molar-refractivity contribution in [3.63, 3.8) is 0 Å². The maximum absolute atomic E-state index is 14.0. The molecule has 9 nitrogen and oxygen atoms in total. The van der Waals surface area contributed by atoms with Crippen LogP contribution in [0, 0.1) is 0 Å². The fraction of sp³-hybridized carbons (Fsp3) is 0.350. The zero-order chi connectivity index (χ0) is 23.3. The van der Waals surface area contributed by atoms with Gasteiger partial charge in [-0.15, -0.1) is 10.2 Å². The molecule has 1 fully saturated rings. The molecule has 3 aromatic heterocycles. The lowest BCUT2D eigenvalue weighted by molar-refractivity contribution is 0.0468. The van der Waals surface area contributed by atoms with Crippen LogP contribution < -0.4 is 5.32 Å². The van der Waals surface area contributed by atoms with E-state index in [-0.39, 0.29) is 45.1 Å². The van der Waals surface area contributed by atoms with Gasteiger partial charge in [-0.3, -0.25) is 4.79 Å². The lowest BCUT2D eigenvalue weighted by Gasteiger charge is -2.11. The first-order valence-corrected chi connectivity index (χ1v) is 11.5. The average molecular weight is 462 g/mol. The smallest absolute Gasteiger partial charge is 0.309 e. The van der Waals surface area contributed by atoms with E-state index < -0.39 is 27.4 Å². The van der Waals surface area contributed by atoms with Crippen LogP contribution in [0.15, 0.2) is 35.7 Å². The molecule has 12 heteroatoms. The first kappa shape index (κ1) is 21.9. The number of carbonyl (C=O) groups is 1. The van der Waals surface area contributed by atoms with Gasteiger partial charge in [0.05, 0.1) is 10.6 Å². The Hall–Kier alpha value is -3.28. The highest BCUT2D eigenvalue weighted by molar-refractivity contribution is 7.91. The lowest BCUT2D eigenvalue weighted by Crippen LogP contribution is -2.26. The molecule has 0 saturated heterocycles. The van der Waals surface area contributed by atoms with E-state index >= 15 is 0 Å². The molecule has 0 aliphatic heterocycles. The number of sulfone groups is 1. The monoisotopic (exact) mass is 462 g/mol. The second-order valence-corrected chi connectivity index (χ2v) is 9.70. The number of aryl methyl sites for hydroxylation is 1. The summed E-state index contributed by atoms with van der Waals surface area (Å²) >= 11 is 0. The molecule has 1 aliphatic rings. The second kappa shape index (κ2) is 7.69. The number of pyridine rings is 1. The summed E-state index contributed by atoms with van der Waals surface area (Å²) in [5.41, 5.74) is -0.454. The molecule has 0 atom stereocenters. The van der Waals surface area contributed by atoms with Crippen molar-refractivity contribution in [3.05, 3.63) is 42.2 Å². The lowest BCUT2D eigenvalue weighted by atomic mass is 10.2. The molecule has 1 amide bonds. The number of nitrogens with zero attached hydrogens (tertiary/aromatic N) is 5. The summed E-state index contributed by atoms with van der Waals surface area (Å²) in [7, 11) is -2.20. The fourth-order valence-electron chi connectivity index (χ4n) is 3.09. The highest BCUT2D eigenvalue weighted by Gasteiger charge is 2.32. The van der Waals surface area contributed by atoms with E-state index in [0.717, 1.165) is 18.9 Å². The summed E-state index contributed by atoms with van der Waals surface area (Å²) in [6.07, 6.45) is 2.20. The predicted octanol–water partition coefficient (Wildman–Crippen LogP) is 2.39. The molecular weight excluding hydrogens is 442 g/mol. The Labute approximate surface area is 182 Å². The Morgan fingerprint density at radius 3 is 2.66 bits per heavy atom. The van der Waals surface area contributed by atoms with E-state index in [2.05, 4.69) is 32.1 Å². The van der Waals surface area contributed by atoms with Gasteiger partial charge in [0.25, 0.3) is 5.91 Å². The SMILES string of the molecule is C=CC(F)(F)c1cc2nc(-c3nc(C(=O)NC4CC4)ccc3S(=O)(=O)CC)n(C)c2nn1. The number of imidazole rings is 1. The van der Waals surface area contributed by atoms with Gasteiger partial charge < -0.3 is 9.88 Å². The maximum atomic E-state index is 14.0. The van der Waals surface area contributed by atoms with Crippen molar-refractivity contribution in [2.75, 3.05) is 5.75 Å². The van der Waals surface area contributed by atoms with E-state index in [4.69, 9.17) is 0 Å².